The minimum atomic E-state index is -4.66. The van der Waals surface area contributed by atoms with Crippen molar-refractivity contribution in [2.45, 2.75) is 77.2 Å². The van der Waals surface area contributed by atoms with Gasteiger partial charge in [0.25, 0.3) is 0 Å². The highest BCUT2D eigenvalue weighted by atomic mass is 31.2. The Morgan fingerprint density at radius 2 is 1.39 bits per heavy atom. The molecule has 0 aliphatic rings. The lowest BCUT2D eigenvalue weighted by atomic mass is 10.2. The van der Waals surface area contributed by atoms with Crippen LogP contribution in [0.4, 0.5) is 0 Å². The number of rotatable bonds is 19. The molecule has 3 N–H and O–H groups in total. The molecule has 0 spiro atoms. The zero-order valence-corrected chi connectivity index (χ0v) is 19.5. The van der Waals surface area contributed by atoms with Gasteiger partial charge in [0.2, 0.25) is 0 Å². The summed E-state index contributed by atoms with van der Waals surface area (Å²) in [5.41, 5.74) is 0. The van der Waals surface area contributed by atoms with Crippen LogP contribution in [0.2, 0.25) is 0 Å². The molecule has 7 nitrogen and oxygen atoms in total. The van der Waals surface area contributed by atoms with Gasteiger partial charge in [0.1, 0.15) is 6.10 Å². The van der Waals surface area contributed by atoms with E-state index in [1.165, 1.54) is 25.7 Å². The third kappa shape index (κ3) is 23.0. The van der Waals surface area contributed by atoms with Crippen LogP contribution < -0.4 is 0 Å². The van der Waals surface area contributed by atoms with Crippen LogP contribution in [0.5, 0.6) is 0 Å². The van der Waals surface area contributed by atoms with Crippen LogP contribution >= 0.6 is 7.82 Å². The number of carbonyl (C=O) groups is 1. The summed E-state index contributed by atoms with van der Waals surface area (Å²) in [4.78, 5) is 28.9. The van der Waals surface area contributed by atoms with E-state index < -0.39 is 33.1 Å². The molecule has 0 aromatic heterocycles. The quantitative estimate of drug-likeness (QED) is 0.106. The van der Waals surface area contributed by atoms with Crippen molar-refractivity contribution in [2.24, 2.45) is 0 Å². The Kier molecular flexibility index (Phi) is 19.4. The highest BCUT2D eigenvalue weighted by Crippen LogP contribution is 2.35. The summed E-state index contributed by atoms with van der Waals surface area (Å²) in [6, 6.07) is 0. The van der Waals surface area contributed by atoms with Gasteiger partial charge in [-0.25, -0.2) is 4.57 Å². The van der Waals surface area contributed by atoms with Gasteiger partial charge in [0.15, 0.2) is 0 Å². The van der Waals surface area contributed by atoms with Crippen LogP contribution in [-0.4, -0.2) is 40.2 Å². The summed E-state index contributed by atoms with van der Waals surface area (Å²) < 4.78 is 19.8. The van der Waals surface area contributed by atoms with Gasteiger partial charge in [-0.2, -0.15) is 0 Å². The van der Waals surface area contributed by atoms with Crippen LogP contribution in [0.3, 0.4) is 0 Å². The van der Waals surface area contributed by atoms with E-state index in [4.69, 9.17) is 19.6 Å². The van der Waals surface area contributed by atoms with Crippen molar-refractivity contribution < 1.29 is 33.5 Å². The Balaban J connectivity index is 3.72. The maximum Gasteiger partial charge on any atom is 0.469 e. The van der Waals surface area contributed by atoms with Gasteiger partial charge >= 0.3 is 13.8 Å². The summed E-state index contributed by atoms with van der Waals surface area (Å²) in [6.45, 7) is 1.10. The van der Waals surface area contributed by atoms with Crippen molar-refractivity contribution in [3.63, 3.8) is 0 Å². The molecule has 0 aromatic rings. The fraction of sp³-hybridized carbons (Fsp3) is 0.609. The molecule has 0 heterocycles. The average molecular weight is 459 g/mol. The third-order valence-corrected chi connectivity index (χ3v) is 4.62. The van der Waals surface area contributed by atoms with Crippen molar-refractivity contribution in [1.82, 2.24) is 0 Å². The van der Waals surface area contributed by atoms with Crippen LogP contribution in [0, 0.1) is 0 Å². The van der Waals surface area contributed by atoms with E-state index in [1.807, 2.05) is 12.2 Å². The molecule has 1 unspecified atom stereocenters. The lowest BCUT2D eigenvalue weighted by Gasteiger charge is -2.15. The molecule has 0 fully saturated rings. The Bertz CT molecular complexity index is 605. The van der Waals surface area contributed by atoms with Gasteiger partial charge in [-0.05, 0) is 44.9 Å². The first-order valence-corrected chi connectivity index (χ1v) is 12.5. The number of aliphatic hydroxyl groups excluding tert-OH is 1. The van der Waals surface area contributed by atoms with E-state index >= 15 is 0 Å². The van der Waals surface area contributed by atoms with E-state index in [-0.39, 0.29) is 6.42 Å². The summed E-state index contributed by atoms with van der Waals surface area (Å²) in [5, 5.41) is 9.06. The van der Waals surface area contributed by atoms with Crippen LogP contribution in [0.25, 0.3) is 0 Å². The zero-order chi connectivity index (χ0) is 23.2. The topological polar surface area (TPSA) is 113 Å². The van der Waals surface area contributed by atoms with Gasteiger partial charge < -0.3 is 19.6 Å². The molecule has 0 aliphatic heterocycles. The Hall–Kier alpha value is -1.50. The molecular weight excluding hydrogens is 419 g/mol. The molecule has 8 heteroatoms. The molecule has 31 heavy (non-hydrogen) atoms. The molecule has 0 bridgehead atoms. The molecule has 0 aromatic carbocycles. The van der Waals surface area contributed by atoms with Crippen molar-refractivity contribution >= 4 is 13.8 Å². The summed E-state index contributed by atoms with van der Waals surface area (Å²) in [5.74, 6) is -0.538. The fourth-order valence-electron chi connectivity index (χ4n) is 2.47. The highest BCUT2D eigenvalue weighted by Gasteiger charge is 2.20. The second kappa shape index (κ2) is 20.4. The minimum absolute atomic E-state index is 0.157. The van der Waals surface area contributed by atoms with Crippen LogP contribution in [-0.2, 0) is 18.6 Å². The maximum atomic E-state index is 11.7. The first kappa shape index (κ1) is 29.5. The van der Waals surface area contributed by atoms with Gasteiger partial charge in [-0.1, -0.05) is 68.4 Å². The third-order valence-electron chi connectivity index (χ3n) is 4.14. The smallest absolute Gasteiger partial charge is 0.457 e. The second-order valence-electron chi connectivity index (χ2n) is 7.06. The predicted octanol–water partition coefficient (Wildman–Crippen LogP) is 5.15. The standard InChI is InChI=1S/C23H39O7P/c1-2-3-4-5-6-7-8-9-10-11-12-13-14-15-16-17-18-19-23(25)30-22(20-24)21-29-31(26,27)28/h6-7,9-10,12-13,15-16,22,24H,2-5,8,11,14,17-21H2,1H3,(H2,26,27,28). The number of hydrogen-bond acceptors (Lipinski definition) is 5. The number of carbonyl (C=O) groups excluding carboxylic acids is 1. The largest absolute Gasteiger partial charge is 0.469 e. The highest BCUT2D eigenvalue weighted by molar-refractivity contribution is 7.46. The number of aliphatic hydroxyl groups is 1. The second-order valence-corrected chi connectivity index (χ2v) is 8.30. The zero-order valence-electron chi connectivity index (χ0n) is 18.6. The van der Waals surface area contributed by atoms with Gasteiger partial charge in [-0.3, -0.25) is 9.32 Å². The minimum Gasteiger partial charge on any atom is -0.457 e. The normalized spacial score (nSPS) is 13.8. The molecule has 0 saturated heterocycles. The number of ether oxygens (including phenoxy) is 1. The lowest BCUT2D eigenvalue weighted by Crippen LogP contribution is -2.26. The number of allylic oxidation sites excluding steroid dienone is 8. The number of hydrogen-bond donors (Lipinski definition) is 3. The van der Waals surface area contributed by atoms with Crippen LogP contribution in [0.15, 0.2) is 48.6 Å². The monoisotopic (exact) mass is 458 g/mol. The van der Waals surface area contributed by atoms with Gasteiger partial charge in [0.05, 0.1) is 13.2 Å². The number of unbranched alkanes of at least 4 members (excludes halogenated alkanes) is 4. The number of phosphoric ester groups is 1. The Morgan fingerprint density at radius 3 is 1.87 bits per heavy atom. The summed E-state index contributed by atoms with van der Waals surface area (Å²) in [6.07, 6.45) is 25.2. The molecule has 178 valence electrons. The number of phosphoric acid groups is 1. The Morgan fingerprint density at radius 1 is 0.871 bits per heavy atom. The predicted molar refractivity (Wildman–Crippen MR) is 123 cm³/mol. The molecule has 0 rings (SSSR count). The van der Waals surface area contributed by atoms with E-state index in [9.17, 15) is 9.36 Å². The van der Waals surface area contributed by atoms with E-state index in [1.54, 1.807) is 0 Å². The molecule has 0 saturated carbocycles. The summed E-state index contributed by atoms with van der Waals surface area (Å²) in [7, 11) is -4.66. The van der Waals surface area contributed by atoms with E-state index in [0.717, 1.165) is 25.7 Å². The first-order chi connectivity index (χ1) is 14.9. The SMILES string of the molecule is CCCCCC=CCC=CCC=CCC=CCCCC(=O)OC(CO)COP(=O)(O)O. The lowest BCUT2D eigenvalue weighted by molar-refractivity contribution is -0.153. The molecule has 0 amide bonds. The molecule has 1 atom stereocenters. The Labute approximate surface area is 186 Å². The summed E-state index contributed by atoms with van der Waals surface area (Å²) >= 11 is 0. The average Bonchev–Trinajstić information content (AvgIpc) is 2.72. The van der Waals surface area contributed by atoms with Crippen molar-refractivity contribution in [3.8, 4) is 0 Å². The molecular formula is C23H39O7P. The van der Waals surface area contributed by atoms with Gasteiger partial charge in [-0.15, -0.1) is 0 Å². The van der Waals surface area contributed by atoms with Crippen molar-refractivity contribution in [1.29, 1.82) is 0 Å². The molecule has 0 aliphatic carbocycles. The number of esters is 1. The van der Waals surface area contributed by atoms with Gasteiger partial charge in [0, 0.05) is 6.42 Å². The van der Waals surface area contributed by atoms with Crippen molar-refractivity contribution in [3.05, 3.63) is 48.6 Å². The fourth-order valence-corrected chi connectivity index (χ4v) is 2.83. The molecule has 0 radical (unpaired) electrons. The van der Waals surface area contributed by atoms with E-state index in [0.29, 0.717) is 6.42 Å². The van der Waals surface area contributed by atoms with E-state index in [2.05, 4.69) is 47.9 Å². The van der Waals surface area contributed by atoms with Crippen LogP contribution in [0.1, 0.15) is 71.1 Å². The maximum absolute atomic E-state index is 11.7. The van der Waals surface area contributed by atoms with Crippen molar-refractivity contribution in [2.75, 3.05) is 13.2 Å². The first-order valence-electron chi connectivity index (χ1n) is 11.0.